The van der Waals surface area contributed by atoms with Crippen LogP contribution in [0.3, 0.4) is 0 Å². The minimum absolute atomic E-state index is 0.0892. The Morgan fingerprint density at radius 3 is 2.45 bits per heavy atom. The summed E-state index contributed by atoms with van der Waals surface area (Å²) < 4.78 is 21.2. The Morgan fingerprint density at radius 2 is 1.82 bits per heavy atom. The van der Waals surface area contributed by atoms with Crippen molar-refractivity contribution < 1.29 is 23.6 Å². The first-order valence-corrected chi connectivity index (χ1v) is 13.7. The minimum atomic E-state index is -1.87. The number of halogens is 1. The second kappa shape index (κ2) is 12.7. The fourth-order valence-corrected chi connectivity index (χ4v) is 5.17. The number of carbonyl (C=O) groups excluding carboxylic acids is 2. The number of carbonyl (C=O) groups is 2. The molecule has 1 N–H and O–H groups in total. The van der Waals surface area contributed by atoms with Crippen molar-refractivity contribution in [2.24, 2.45) is 11.1 Å². The highest BCUT2D eigenvalue weighted by molar-refractivity contribution is 6.00. The highest BCUT2D eigenvalue weighted by Gasteiger charge is 2.45. The van der Waals surface area contributed by atoms with Gasteiger partial charge in [-0.15, -0.1) is 0 Å². The van der Waals surface area contributed by atoms with Crippen LogP contribution in [0.4, 0.5) is 15.0 Å². The van der Waals surface area contributed by atoms with Gasteiger partial charge in [0.25, 0.3) is 5.91 Å². The molecule has 11 heteroatoms. The molecule has 2 amide bonds. The largest absolute Gasteiger partial charge is 0.444 e. The number of hydrogen-bond donors (Lipinski definition) is 1. The molecule has 0 radical (unpaired) electrons. The number of rotatable bonds is 7. The van der Waals surface area contributed by atoms with E-state index in [0.29, 0.717) is 51.4 Å². The molecule has 0 atom stereocenters. The van der Waals surface area contributed by atoms with Crippen LogP contribution in [0.5, 0.6) is 0 Å². The molecule has 2 fully saturated rings. The van der Waals surface area contributed by atoms with Gasteiger partial charge in [0.15, 0.2) is 5.67 Å². The van der Waals surface area contributed by atoms with Crippen LogP contribution in [-0.4, -0.2) is 82.0 Å². The van der Waals surface area contributed by atoms with E-state index >= 15 is 4.39 Å². The Hall–Kier alpha value is -3.60. The highest BCUT2D eigenvalue weighted by atomic mass is 19.1. The van der Waals surface area contributed by atoms with Gasteiger partial charge < -0.3 is 14.5 Å². The minimum Gasteiger partial charge on any atom is -0.444 e. The van der Waals surface area contributed by atoms with Gasteiger partial charge in [-0.1, -0.05) is 11.2 Å². The third-order valence-corrected chi connectivity index (χ3v) is 7.18. The van der Waals surface area contributed by atoms with Crippen LogP contribution < -0.4 is 5.32 Å². The van der Waals surface area contributed by atoms with E-state index in [9.17, 15) is 9.59 Å². The molecule has 4 rings (SSSR count). The number of hydrogen-bond acceptors (Lipinski definition) is 8. The van der Waals surface area contributed by atoms with E-state index in [2.05, 4.69) is 25.3 Å². The lowest BCUT2D eigenvalue weighted by Crippen LogP contribution is -2.54. The number of likely N-dealkylation sites (tertiary alicyclic amines) is 2. The van der Waals surface area contributed by atoms with Crippen molar-refractivity contribution in [3.05, 3.63) is 54.0 Å². The van der Waals surface area contributed by atoms with E-state index < -0.39 is 23.3 Å². The van der Waals surface area contributed by atoms with Gasteiger partial charge in [-0.3, -0.25) is 20.0 Å². The smallest absolute Gasteiger partial charge is 0.413 e. The molecule has 2 aromatic rings. The number of piperidine rings is 2. The molecule has 4 heterocycles. The summed E-state index contributed by atoms with van der Waals surface area (Å²) in [5.74, 6) is 0.0664. The summed E-state index contributed by atoms with van der Waals surface area (Å²) in [5.41, 5.74) is -0.0236. The molecule has 0 bridgehead atoms. The topological polar surface area (TPSA) is 109 Å². The lowest BCUT2D eigenvalue weighted by Gasteiger charge is -2.40. The zero-order chi connectivity index (χ0) is 28.8. The van der Waals surface area contributed by atoms with Crippen LogP contribution in [0.25, 0.3) is 0 Å². The molecule has 40 heavy (non-hydrogen) atoms. The maximum absolute atomic E-state index is 15.9. The summed E-state index contributed by atoms with van der Waals surface area (Å²) in [6, 6.07) is 9.28. The number of nitrogens with one attached hydrogen (secondary N) is 1. The quantitative estimate of drug-likeness (QED) is 0.399. The number of pyridine rings is 2. The molecule has 2 aliphatic rings. The van der Waals surface area contributed by atoms with Gasteiger partial charge in [0.1, 0.15) is 24.2 Å². The molecule has 0 aromatic carbocycles. The molecule has 2 aliphatic heterocycles. The first-order valence-electron chi connectivity index (χ1n) is 13.7. The van der Waals surface area contributed by atoms with Crippen LogP contribution in [0.15, 0.2) is 47.9 Å². The van der Waals surface area contributed by atoms with E-state index in [1.165, 1.54) is 7.11 Å². The molecule has 216 valence electrons. The maximum Gasteiger partial charge on any atom is 0.413 e. The Bertz CT molecular complexity index is 1190. The van der Waals surface area contributed by atoms with E-state index in [-0.39, 0.29) is 18.8 Å². The van der Waals surface area contributed by atoms with E-state index in [1.807, 2.05) is 24.3 Å². The van der Waals surface area contributed by atoms with Gasteiger partial charge in [0, 0.05) is 63.9 Å². The number of nitrogens with zero attached hydrogens (tertiary/aromatic N) is 5. The zero-order valence-electron chi connectivity index (χ0n) is 23.7. The fraction of sp³-hybridized carbons (Fsp3) is 0.552. The van der Waals surface area contributed by atoms with Crippen LogP contribution in [0.1, 0.15) is 57.7 Å². The molecular weight excluding hydrogens is 515 g/mol. The highest BCUT2D eigenvalue weighted by Crippen LogP contribution is 2.32. The summed E-state index contributed by atoms with van der Waals surface area (Å²) in [4.78, 5) is 42.7. The van der Waals surface area contributed by atoms with Gasteiger partial charge >= 0.3 is 6.09 Å². The van der Waals surface area contributed by atoms with Crippen molar-refractivity contribution in [1.82, 2.24) is 19.8 Å². The van der Waals surface area contributed by atoms with Gasteiger partial charge in [-0.05, 0) is 63.4 Å². The van der Waals surface area contributed by atoms with Crippen molar-refractivity contribution in [1.29, 1.82) is 0 Å². The van der Waals surface area contributed by atoms with Crippen molar-refractivity contribution in [2.45, 2.75) is 64.3 Å². The van der Waals surface area contributed by atoms with Gasteiger partial charge in [-0.2, -0.15) is 0 Å². The summed E-state index contributed by atoms with van der Waals surface area (Å²) >= 11 is 0. The Kier molecular flexibility index (Phi) is 9.34. The van der Waals surface area contributed by atoms with Gasteiger partial charge in [0.2, 0.25) is 0 Å². The first-order chi connectivity index (χ1) is 19.1. The zero-order valence-corrected chi connectivity index (χ0v) is 23.7. The predicted octanol–water partition coefficient (Wildman–Crippen LogP) is 4.42. The Labute approximate surface area is 234 Å². The fourth-order valence-electron chi connectivity index (χ4n) is 5.17. The molecule has 0 unspecified atom stereocenters. The lowest BCUT2D eigenvalue weighted by atomic mass is 9.87. The second-order valence-corrected chi connectivity index (χ2v) is 11.4. The average molecular weight is 555 g/mol. The predicted molar refractivity (Wildman–Crippen MR) is 150 cm³/mol. The third kappa shape index (κ3) is 7.74. The second-order valence-electron chi connectivity index (χ2n) is 11.4. The summed E-state index contributed by atoms with van der Waals surface area (Å²) in [6.45, 7) is 7.81. The monoisotopic (exact) mass is 554 g/mol. The molecule has 0 aliphatic carbocycles. The van der Waals surface area contributed by atoms with Crippen molar-refractivity contribution in [3.63, 3.8) is 0 Å². The molecule has 0 spiro atoms. The number of aromatic nitrogens is 2. The molecule has 2 saturated heterocycles. The summed E-state index contributed by atoms with van der Waals surface area (Å²) in [6.07, 6.45) is 4.40. The van der Waals surface area contributed by atoms with Crippen LogP contribution in [-0.2, 0) is 20.9 Å². The van der Waals surface area contributed by atoms with Crippen LogP contribution >= 0.6 is 0 Å². The van der Waals surface area contributed by atoms with Crippen LogP contribution in [0, 0.1) is 5.92 Å². The Morgan fingerprint density at radius 1 is 1.10 bits per heavy atom. The molecular formula is C29H39FN6O4. The molecule has 10 nitrogen and oxygen atoms in total. The summed E-state index contributed by atoms with van der Waals surface area (Å²) in [7, 11) is 1.51. The molecule has 0 saturated carbocycles. The number of alkyl halides is 1. The Balaban J connectivity index is 1.28. The first kappa shape index (κ1) is 29.4. The van der Waals surface area contributed by atoms with E-state index in [4.69, 9.17) is 9.57 Å². The van der Waals surface area contributed by atoms with Crippen LogP contribution in [0.2, 0.25) is 0 Å². The van der Waals surface area contributed by atoms with Crippen molar-refractivity contribution in [3.8, 4) is 0 Å². The van der Waals surface area contributed by atoms with Crippen molar-refractivity contribution in [2.75, 3.05) is 38.6 Å². The normalized spacial score (nSPS) is 18.7. The maximum atomic E-state index is 15.9. The third-order valence-electron chi connectivity index (χ3n) is 7.18. The standard InChI is InChI=1S/C29H39FN6O4/c1-28(2,3)40-27(38)33-24-19-21(8-14-32-24)20-35-17-11-29(30,12-18-35)26(37)36-15-9-22(10-16-36)25(34-39-4)23-7-5-6-13-31-23/h5-8,13-14,19,22H,9-12,15-18,20H2,1-4H3,(H,32,33,38). The average Bonchev–Trinajstić information content (AvgIpc) is 2.92. The number of oxime groups is 1. The van der Waals surface area contributed by atoms with Gasteiger partial charge in [0.05, 0.1) is 5.69 Å². The lowest BCUT2D eigenvalue weighted by molar-refractivity contribution is -0.148. The number of amides is 2. The van der Waals surface area contributed by atoms with E-state index in [0.717, 1.165) is 17.0 Å². The summed E-state index contributed by atoms with van der Waals surface area (Å²) in [5, 5.41) is 6.86. The number of anilines is 1. The van der Waals surface area contributed by atoms with Crippen molar-refractivity contribution >= 4 is 23.5 Å². The molecule has 2 aromatic heterocycles. The SMILES string of the molecule is CON=C(c1ccccn1)C1CCN(C(=O)C2(F)CCN(Cc3ccnc(NC(=O)OC(C)(C)C)c3)CC2)CC1. The number of ether oxygens (including phenoxy) is 1. The van der Waals surface area contributed by atoms with E-state index in [1.54, 1.807) is 44.1 Å². The van der Waals surface area contributed by atoms with Gasteiger partial charge in [-0.25, -0.2) is 14.2 Å².